The van der Waals surface area contributed by atoms with Gasteiger partial charge in [-0.15, -0.1) is 0 Å². The summed E-state index contributed by atoms with van der Waals surface area (Å²) in [4.78, 5) is 29.0. The second kappa shape index (κ2) is 9.79. The number of amides is 1. The number of pyridine rings is 1. The largest absolute Gasteiger partial charge is 0.383 e. The van der Waals surface area contributed by atoms with E-state index in [1.165, 1.54) is 11.0 Å². The Balaban J connectivity index is 2.87. The number of hydrogen-bond acceptors (Lipinski definition) is 5. The van der Waals surface area contributed by atoms with Gasteiger partial charge >= 0.3 is 0 Å². The molecule has 0 unspecified atom stereocenters. The predicted octanol–water partition coefficient (Wildman–Crippen LogP) is 0.696. The first-order chi connectivity index (χ1) is 10.2. The molecule has 6 nitrogen and oxygen atoms in total. The summed E-state index contributed by atoms with van der Waals surface area (Å²) in [7, 11) is 3.10. The van der Waals surface area contributed by atoms with Gasteiger partial charge in [-0.1, -0.05) is 6.07 Å². The van der Waals surface area contributed by atoms with Crippen LogP contribution >= 0.6 is 0 Å². The van der Waals surface area contributed by atoms with Crippen molar-refractivity contribution in [1.82, 2.24) is 9.88 Å². The van der Waals surface area contributed by atoms with Crippen LogP contribution in [0.5, 0.6) is 0 Å². The van der Waals surface area contributed by atoms with Crippen molar-refractivity contribution in [2.24, 2.45) is 0 Å². The van der Waals surface area contributed by atoms with Crippen molar-refractivity contribution in [3.63, 3.8) is 0 Å². The van der Waals surface area contributed by atoms with E-state index < -0.39 is 5.91 Å². The molecule has 21 heavy (non-hydrogen) atoms. The standard InChI is InChI=1S/C15H19N2O4/c1-20-9-7-17(8-10-21-2)15(19)13(12-18)11-14-5-3-4-6-16-14/h3-6,11H,7-10H2,1-2H3. The molecule has 0 saturated carbocycles. The lowest BCUT2D eigenvalue weighted by atomic mass is 10.2. The Morgan fingerprint density at radius 2 is 1.95 bits per heavy atom. The van der Waals surface area contributed by atoms with Gasteiger partial charge < -0.3 is 14.4 Å². The Kier molecular flexibility index (Phi) is 7.93. The molecule has 6 heteroatoms. The maximum absolute atomic E-state index is 12.3. The van der Waals surface area contributed by atoms with Crippen LogP contribution in [0.25, 0.3) is 6.08 Å². The predicted molar refractivity (Wildman–Crippen MR) is 78.2 cm³/mol. The summed E-state index contributed by atoms with van der Waals surface area (Å²) >= 11 is 0. The summed E-state index contributed by atoms with van der Waals surface area (Å²) in [5.74, 6) is -0.412. The first-order valence-corrected chi connectivity index (χ1v) is 6.51. The van der Waals surface area contributed by atoms with Crippen molar-refractivity contribution in [1.29, 1.82) is 0 Å². The van der Waals surface area contributed by atoms with Crippen LogP contribution in [0.15, 0.2) is 30.0 Å². The highest BCUT2D eigenvalue weighted by atomic mass is 16.5. The maximum atomic E-state index is 12.3. The first-order valence-electron chi connectivity index (χ1n) is 6.51. The molecule has 1 radical (unpaired) electrons. The van der Waals surface area contributed by atoms with Crippen LogP contribution in [0.4, 0.5) is 0 Å². The zero-order chi connectivity index (χ0) is 15.5. The Hall–Kier alpha value is -2.05. The molecule has 0 aliphatic carbocycles. The van der Waals surface area contributed by atoms with Gasteiger partial charge in [0.25, 0.3) is 5.91 Å². The molecule has 1 aromatic heterocycles. The molecule has 0 fully saturated rings. The van der Waals surface area contributed by atoms with Gasteiger partial charge in [-0.3, -0.25) is 14.6 Å². The lowest BCUT2D eigenvalue weighted by Gasteiger charge is -2.21. The van der Waals surface area contributed by atoms with Crippen LogP contribution in [-0.4, -0.2) is 62.6 Å². The topological polar surface area (TPSA) is 68.7 Å². The Labute approximate surface area is 124 Å². The van der Waals surface area contributed by atoms with Crippen LogP contribution in [0.2, 0.25) is 0 Å². The Morgan fingerprint density at radius 1 is 1.29 bits per heavy atom. The molecule has 0 atom stereocenters. The fraction of sp³-hybridized carbons (Fsp3) is 0.400. The summed E-state index contributed by atoms with van der Waals surface area (Å²) in [6.07, 6.45) is 4.69. The van der Waals surface area contributed by atoms with Gasteiger partial charge in [-0.2, -0.15) is 0 Å². The van der Waals surface area contributed by atoms with Crippen LogP contribution in [0.1, 0.15) is 5.69 Å². The molecular weight excluding hydrogens is 272 g/mol. The molecule has 0 spiro atoms. The van der Waals surface area contributed by atoms with E-state index in [1.807, 2.05) is 0 Å². The average Bonchev–Trinajstić information content (AvgIpc) is 2.53. The zero-order valence-electron chi connectivity index (χ0n) is 12.2. The number of carbonyl (C=O) groups is 1. The molecule has 0 aliphatic heterocycles. The fourth-order valence-corrected chi connectivity index (χ4v) is 1.63. The first kappa shape index (κ1) is 17.0. The molecule has 1 amide bonds. The summed E-state index contributed by atoms with van der Waals surface area (Å²) in [5.41, 5.74) is 0.462. The molecule has 0 aromatic carbocycles. The molecule has 0 saturated heterocycles. The van der Waals surface area contributed by atoms with Crippen molar-refractivity contribution in [3.05, 3.63) is 35.7 Å². The minimum Gasteiger partial charge on any atom is -0.383 e. The number of hydrogen-bond donors (Lipinski definition) is 0. The van der Waals surface area contributed by atoms with Gasteiger partial charge in [-0.25, -0.2) is 0 Å². The van der Waals surface area contributed by atoms with Crippen LogP contribution < -0.4 is 0 Å². The van der Waals surface area contributed by atoms with Gasteiger partial charge in [0, 0.05) is 33.5 Å². The van der Waals surface area contributed by atoms with Gasteiger partial charge in [0.05, 0.1) is 24.5 Å². The number of ether oxygens (including phenoxy) is 2. The number of carbonyl (C=O) groups excluding carboxylic acids is 2. The Morgan fingerprint density at radius 3 is 2.43 bits per heavy atom. The fourth-order valence-electron chi connectivity index (χ4n) is 1.63. The molecule has 1 aromatic rings. The summed E-state index contributed by atoms with van der Waals surface area (Å²) in [6.45, 7) is 1.51. The van der Waals surface area contributed by atoms with Gasteiger partial charge in [-0.05, 0) is 18.2 Å². The monoisotopic (exact) mass is 291 g/mol. The Bertz CT molecular complexity index is 466. The number of nitrogens with zero attached hydrogens (tertiary/aromatic N) is 2. The molecule has 0 N–H and O–H groups in total. The van der Waals surface area contributed by atoms with E-state index in [0.29, 0.717) is 32.0 Å². The molecule has 1 heterocycles. The van der Waals surface area contributed by atoms with Gasteiger partial charge in [0.1, 0.15) is 0 Å². The van der Waals surface area contributed by atoms with E-state index in [-0.39, 0.29) is 5.57 Å². The quantitative estimate of drug-likeness (QED) is 0.380. The summed E-state index contributed by atoms with van der Waals surface area (Å²) in [6, 6.07) is 5.24. The van der Waals surface area contributed by atoms with Crippen molar-refractivity contribution in [2.75, 3.05) is 40.5 Å². The third-order valence-electron chi connectivity index (χ3n) is 2.74. The highest BCUT2D eigenvalue weighted by molar-refractivity contribution is 6.14. The second-order valence-electron chi connectivity index (χ2n) is 4.19. The van der Waals surface area contributed by atoms with Crippen LogP contribution in [0, 0.1) is 0 Å². The SMILES string of the molecule is COCCN(CCOC)C(=O)C([C]=O)=Cc1ccccn1. The van der Waals surface area contributed by atoms with Gasteiger partial charge in [0.2, 0.25) is 6.29 Å². The maximum Gasteiger partial charge on any atom is 0.258 e. The highest BCUT2D eigenvalue weighted by Gasteiger charge is 2.18. The van der Waals surface area contributed by atoms with E-state index in [4.69, 9.17) is 9.47 Å². The van der Waals surface area contributed by atoms with E-state index in [0.717, 1.165) is 0 Å². The van der Waals surface area contributed by atoms with Crippen LogP contribution in [-0.2, 0) is 19.1 Å². The van der Waals surface area contributed by atoms with Crippen molar-refractivity contribution < 1.29 is 19.1 Å². The molecule has 0 aliphatic rings. The van der Waals surface area contributed by atoms with Crippen molar-refractivity contribution in [3.8, 4) is 0 Å². The normalized spacial score (nSPS) is 11.2. The second-order valence-corrected chi connectivity index (χ2v) is 4.19. The lowest BCUT2D eigenvalue weighted by Crippen LogP contribution is -2.37. The third-order valence-corrected chi connectivity index (χ3v) is 2.74. The van der Waals surface area contributed by atoms with E-state index in [1.54, 1.807) is 44.9 Å². The number of rotatable bonds is 9. The average molecular weight is 291 g/mol. The number of methoxy groups -OCH3 is 2. The minimum absolute atomic E-state index is 0.0686. The van der Waals surface area contributed by atoms with Gasteiger partial charge in [0.15, 0.2) is 0 Å². The van der Waals surface area contributed by atoms with E-state index in [9.17, 15) is 9.59 Å². The lowest BCUT2D eigenvalue weighted by molar-refractivity contribution is -0.127. The number of aromatic nitrogens is 1. The van der Waals surface area contributed by atoms with E-state index in [2.05, 4.69) is 4.98 Å². The van der Waals surface area contributed by atoms with Crippen molar-refractivity contribution >= 4 is 18.3 Å². The summed E-state index contributed by atoms with van der Waals surface area (Å²) in [5, 5.41) is 0. The molecule has 1 rings (SSSR count). The summed E-state index contributed by atoms with van der Waals surface area (Å²) < 4.78 is 9.94. The third kappa shape index (κ3) is 5.85. The highest BCUT2D eigenvalue weighted by Crippen LogP contribution is 2.06. The van der Waals surface area contributed by atoms with Crippen molar-refractivity contribution in [2.45, 2.75) is 0 Å². The minimum atomic E-state index is -0.412. The smallest absolute Gasteiger partial charge is 0.258 e. The molecule has 0 bridgehead atoms. The molecular formula is C15H19N2O4. The van der Waals surface area contributed by atoms with Crippen LogP contribution in [0.3, 0.4) is 0 Å². The van der Waals surface area contributed by atoms with E-state index >= 15 is 0 Å². The molecule has 113 valence electrons. The zero-order valence-corrected chi connectivity index (χ0v) is 12.2.